The van der Waals surface area contributed by atoms with Gasteiger partial charge in [0.2, 0.25) is 5.91 Å². The highest BCUT2D eigenvalue weighted by molar-refractivity contribution is 5.76. The summed E-state index contributed by atoms with van der Waals surface area (Å²) in [5.74, 6) is -0.481. The summed E-state index contributed by atoms with van der Waals surface area (Å²) >= 11 is 0. The second kappa shape index (κ2) is 8.98. The van der Waals surface area contributed by atoms with Gasteiger partial charge in [0, 0.05) is 31.6 Å². The summed E-state index contributed by atoms with van der Waals surface area (Å²) in [5, 5.41) is 0. The van der Waals surface area contributed by atoms with Crippen molar-refractivity contribution in [3.63, 3.8) is 0 Å². The van der Waals surface area contributed by atoms with Gasteiger partial charge in [-0.25, -0.2) is 8.78 Å². The van der Waals surface area contributed by atoms with Crippen molar-refractivity contribution in [1.29, 1.82) is 0 Å². The van der Waals surface area contributed by atoms with Crippen LogP contribution in [-0.4, -0.2) is 24.0 Å². The molecule has 1 saturated carbocycles. The summed E-state index contributed by atoms with van der Waals surface area (Å²) in [6, 6.07) is 11.3. The Morgan fingerprint density at radius 1 is 1.15 bits per heavy atom. The Kier molecular flexibility index (Phi) is 6.43. The summed E-state index contributed by atoms with van der Waals surface area (Å²) in [6.07, 6.45) is 5.88. The molecule has 0 saturated heterocycles. The van der Waals surface area contributed by atoms with Crippen LogP contribution in [0.5, 0.6) is 5.75 Å². The third-order valence-corrected chi connectivity index (χ3v) is 4.98. The number of benzene rings is 2. The number of carbonyl (C=O) groups is 1. The zero-order valence-corrected chi connectivity index (χ0v) is 15.6. The van der Waals surface area contributed by atoms with Crippen LogP contribution in [0.15, 0.2) is 42.5 Å². The van der Waals surface area contributed by atoms with Crippen molar-refractivity contribution in [2.75, 3.05) is 7.05 Å². The molecule has 3 rings (SSSR count). The van der Waals surface area contributed by atoms with Gasteiger partial charge in [-0.3, -0.25) is 4.79 Å². The molecule has 0 radical (unpaired) electrons. The van der Waals surface area contributed by atoms with E-state index < -0.39 is 11.6 Å². The lowest BCUT2D eigenvalue weighted by molar-refractivity contribution is -0.130. The lowest BCUT2D eigenvalue weighted by atomic mass is 10.1. The first kappa shape index (κ1) is 19.3. The van der Waals surface area contributed by atoms with Crippen LogP contribution in [0.4, 0.5) is 8.78 Å². The lowest BCUT2D eigenvalue weighted by Crippen LogP contribution is -2.26. The van der Waals surface area contributed by atoms with Crippen LogP contribution < -0.4 is 4.74 Å². The zero-order valence-electron chi connectivity index (χ0n) is 15.6. The Morgan fingerprint density at radius 2 is 1.93 bits per heavy atom. The van der Waals surface area contributed by atoms with Crippen molar-refractivity contribution in [3.8, 4) is 5.75 Å². The summed E-state index contributed by atoms with van der Waals surface area (Å²) in [4.78, 5) is 13.8. The van der Waals surface area contributed by atoms with Gasteiger partial charge in [-0.2, -0.15) is 0 Å². The van der Waals surface area contributed by atoms with E-state index in [1.54, 1.807) is 7.05 Å². The van der Waals surface area contributed by atoms with Gasteiger partial charge in [0.1, 0.15) is 17.4 Å². The fraction of sp³-hybridized carbons (Fsp3) is 0.409. The van der Waals surface area contributed by atoms with Gasteiger partial charge in [-0.05, 0) is 55.9 Å². The molecule has 5 heteroatoms. The molecule has 3 nitrogen and oxygen atoms in total. The highest BCUT2D eigenvalue weighted by atomic mass is 19.1. The minimum atomic E-state index is -0.633. The third kappa shape index (κ3) is 5.52. The minimum Gasteiger partial charge on any atom is -0.490 e. The van der Waals surface area contributed by atoms with Gasteiger partial charge in [-0.1, -0.05) is 18.2 Å². The van der Waals surface area contributed by atoms with Crippen LogP contribution in [0.1, 0.15) is 43.2 Å². The van der Waals surface area contributed by atoms with Crippen LogP contribution in [0, 0.1) is 11.6 Å². The molecule has 1 fully saturated rings. The van der Waals surface area contributed by atoms with E-state index in [-0.39, 0.29) is 12.5 Å². The van der Waals surface area contributed by atoms with E-state index in [1.165, 1.54) is 29.9 Å². The normalized spacial score (nSPS) is 14.3. The van der Waals surface area contributed by atoms with E-state index >= 15 is 0 Å². The molecule has 1 amide bonds. The molecule has 144 valence electrons. The quantitative estimate of drug-likeness (QED) is 0.692. The van der Waals surface area contributed by atoms with Gasteiger partial charge in [-0.15, -0.1) is 0 Å². The molecule has 1 aliphatic rings. The summed E-state index contributed by atoms with van der Waals surface area (Å²) < 4.78 is 32.7. The maximum Gasteiger partial charge on any atom is 0.222 e. The maximum atomic E-state index is 13.7. The first-order chi connectivity index (χ1) is 13.0. The number of ether oxygens (including phenoxy) is 1. The van der Waals surface area contributed by atoms with Crippen LogP contribution in [0.3, 0.4) is 0 Å². The molecule has 2 aromatic carbocycles. The van der Waals surface area contributed by atoms with E-state index in [4.69, 9.17) is 4.74 Å². The summed E-state index contributed by atoms with van der Waals surface area (Å²) in [5.41, 5.74) is 1.35. The lowest BCUT2D eigenvalue weighted by Gasteiger charge is -2.18. The largest absolute Gasteiger partial charge is 0.490 e. The number of hydrogen-bond acceptors (Lipinski definition) is 2. The highest BCUT2D eigenvalue weighted by Gasteiger charge is 2.17. The molecule has 0 unspecified atom stereocenters. The summed E-state index contributed by atoms with van der Waals surface area (Å²) in [6.45, 7) is 0.121. The number of aryl methyl sites for hydroxylation is 1. The average molecular weight is 373 g/mol. The molecular formula is C22H25F2NO2. The monoisotopic (exact) mass is 373 g/mol. The van der Waals surface area contributed by atoms with Gasteiger partial charge in [0.15, 0.2) is 0 Å². The van der Waals surface area contributed by atoms with E-state index in [9.17, 15) is 13.6 Å². The highest BCUT2D eigenvalue weighted by Crippen LogP contribution is 2.25. The van der Waals surface area contributed by atoms with E-state index in [0.29, 0.717) is 24.5 Å². The number of rotatable bonds is 7. The number of hydrogen-bond donors (Lipinski definition) is 0. The second-order valence-corrected chi connectivity index (χ2v) is 7.16. The number of amides is 1. The number of carbonyl (C=O) groups excluding carboxylic acids is 1. The molecule has 0 spiro atoms. The smallest absolute Gasteiger partial charge is 0.222 e. The summed E-state index contributed by atoms with van der Waals surface area (Å²) in [7, 11) is 1.63. The van der Waals surface area contributed by atoms with Crippen molar-refractivity contribution in [3.05, 3.63) is 65.2 Å². The molecule has 0 aromatic heterocycles. The van der Waals surface area contributed by atoms with Crippen molar-refractivity contribution < 1.29 is 18.3 Å². The Hall–Kier alpha value is -2.43. The maximum absolute atomic E-state index is 13.7. The van der Waals surface area contributed by atoms with Crippen molar-refractivity contribution in [2.24, 2.45) is 0 Å². The molecule has 0 bridgehead atoms. The Bertz CT molecular complexity index is 788. The van der Waals surface area contributed by atoms with Gasteiger partial charge in [0.25, 0.3) is 0 Å². The molecule has 1 aliphatic carbocycles. The van der Waals surface area contributed by atoms with Gasteiger partial charge in [0.05, 0.1) is 6.10 Å². The molecular weight excluding hydrogens is 348 g/mol. The molecule has 2 aromatic rings. The number of halogens is 2. The van der Waals surface area contributed by atoms with Crippen LogP contribution in [0.25, 0.3) is 0 Å². The number of nitrogens with zero attached hydrogens (tertiary/aromatic N) is 1. The third-order valence-electron chi connectivity index (χ3n) is 4.98. The average Bonchev–Trinajstić information content (AvgIpc) is 3.15. The van der Waals surface area contributed by atoms with Crippen LogP contribution in [-0.2, 0) is 17.8 Å². The van der Waals surface area contributed by atoms with Crippen molar-refractivity contribution in [1.82, 2.24) is 4.90 Å². The zero-order chi connectivity index (χ0) is 19.2. The van der Waals surface area contributed by atoms with Crippen molar-refractivity contribution in [2.45, 2.75) is 51.2 Å². The first-order valence-electron chi connectivity index (χ1n) is 9.45. The Morgan fingerprint density at radius 3 is 2.67 bits per heavy atom. The van der Waals surface area contributed by atoms with E-state index in [1.807, 2.05) is 24.3 Å². The standard InChI is InChI=1S/C22H25F2NO2/c1-25(15-17-10-11-18(23)14-21(17)24)22(26)12-9-16-5-4-8-20(13-16)27-19-6-2-3-7-19/h4-5,8,10-11,13-14,19H,2-3,6-7,9,12,15H2,1H3. The minimum absolute atomic E-state index is 0.0826. The molecule has 0 aliphatic heterocycles. The molecule has 27 heavy (non-hydrogen) atoms. The fourth-order valence-corrected chi connectivity index (χ4v) is 3.41. The first-order valence-corrected chi connectivity index (χ1v) is 9.45. The topological polar surface area (TPSA) is 29.5 Å². The van der Waals surface area contributed by atoms with Crippen LogP contribution in [0.2, 0.25) is 0 Å². The Labute approximate surface area is 158 Å². The molecule has 0 heterocycles. The predicted molar refractivity (Wildman–Crippen MR) is 100 cm³/mol. The molecule has 0 atom stereocenters. The van der Waals surface area contributed by atoms with E-state index in [2.05, 4.69) is 0 Å². The van der Waals surface area contributed by atoms with Crippen molar-refractivity contribution >= 4 is 5.91 Å². The Balaban J connectivity index is 1.52. The van der Waals surface area contributed by atoms with Gasteiger partial charge < -0.3 is 9.64 Å². The SMILES string of the molecule is CN(Cc1ccc(F)cc1F)C(=O)CCc1cccc(OC2CCCC2)c1. The molecule has 0 N–H and O–H groups in total. The predicted octanol–water partition coefficient (Wildman–Crippen LogP) is 4.88. The fourth-order valence-electron chi connectivity index (χ4n) is 3.41. The second-order valence-electron chi connectivity index (χ2n) is 7.16. The van der Waals surface area contributed by atoms with Gasteiger partial charge >= 0.3 is 0 Å². The van der Waals surface area contributed by atoms with E-state index in [0.717, 1.165) is 30.2 Å². The van der Waals surface area contributed by atoms with Crippen LogP contribution >= 0.6 is 0 Å².